The third-order valence-corrected chi connectivity index (χ3v) is 4.21. The average Bonchev–Trinajstić information content (AvgIpc) is 3.14. The van der Waals surface area contributed by atoms with Gasteiger partial charge < -0.3 is 14.5 Å². The lowest BCUT2D eigenvalue weighted by Gasteiger charge is -2.26. The van der Waals surface area contributed by atoms with Gasteiger partial charge in [-0.15, -0.1) is 0 Å². The molecule has 0 N–H and O–H groups in total. The number of carbonyl (C=O) groups excluding carboxylic acids is 1. The van der Waals surface area contributed by atoms with Crippen molar-refractivity contribution in [2.45, 2.75) is 32.6 Å². The Balaban J connectivity index is 1.80. The van der Waals surface area contributed by atoms with Crippen molar-refractivity contribution in [3.63, 3.8) is 0 Å². The van der Waals surface area contributed by atoms with Crippen molar-refractivity contribution >= 4 is 5.91 Å². The van der Waals surface area contributed by atoms with Gasteiger partial charge in [-0.3, -0.25) is 4.79 Å². The van der Waals surface area contributed by atoms with Crippen LogP contribution in [0.1, 0.15) is 32.6 Å². The molecule has 1 aliphatic carbocycles. The van der Waals surface area contributed by atoms with Crippen molar-refractivity contribution in [1.82, 2.24) is 9.80 Å². The number of hydrogen-bond acceptors (Lipinski definition) is 3. The monoisotopic (exact) mass is 254 g/mol. The van der Waals surface area contributed by atoms with Gasteiger partial charge in [0.05, 0.1) is 6.61 Å². The van der Waals surface area contributed by atoms with Crippen LogP contribution in [0.2, 0.25) is 0 Å². The van der Waals surface area contributed by atoms with Crippen molar-refractivity contribution in [2.75, 3.05) is 46.4 Å². The molecule has 0 radical (unpaired) electrons. The second-order valence-electron chi connectivity index (χ2n) is 5.80. The fourth-order valence-corrected chi connectivity index (χ4v) is 2.91. The lowest BCUT2D eigenvalue weighted by molar-refractivity contribution is -0.130. The third-order valence-electron chi connectivity index (χ3n) is 4.21. The summed E-state index contributed by atoms with van der Waals surface area (Å²) in [5, 5.41) is 0. The normalized spacial score (nSPS) is 23.8. The highest BCUT2D eigenvalue weighted by Gasteiger charge is 2.43. The Morgan fingerprint density at radius 3 is 2.61 bits per heavy atom. The number of ether oxygens (including phenoxy) is 1. The smallest absolute Gasteiger partial charge is 0.222 e. The minimum atomic E-state index is 0.301. The number of hydrogen-bond donors (Lipinski definition) is 0. The SMILES string of the molecule is CCC(=O)N1CCCN(CC2(COC)CC2)CC1. The Labute approximate surface area is 110 Å². The zero-order valence-corrected chi connectivity index (χ0v) is 11.8. The van der Waals surface area contributed by atoms with E-state index in [9.17, 15) is 4.79 Å². The molecule has 1 heterocycles. The van der Waals surface area contributed by atoms with Crippen LogP contribution in [0.3, 0.4) is 0 Å². The Morgan fingerprint density at radius 1 is 1.22 bits per heavy atom. The van der Waals surface area contributed by atoms with E-state index in [0.717, 1.165) is 45.8 Å². The van der Waals surface area contributed by atoms with Gasteiger partial charge in [-0.2, -0.15) is 0 Å². The molecule has 0 bridgehead atoms. The van der Waals surface area contributed by atoms with E-state index in [2.05, 4.69) is 4.90 Å². The highest BCUT2D eigenvalue weighted by atomic mass is 16.5. The molecule has 0 spiro atoms. The average molecular weight is 254 g/mol. The molecule has 2 aliphatic rings. The van der Waals surface area contributed by atoms with Crippen molar-refractivity contribution < 1.29 is 9.53 Å². The maximum atomic E-state index is 11.7. The number of nitrogens with zero attached hydrogens (tertiary/aromatic N) is 2. The van der Waals surface area contributed by atoms with Gasteiger partial charge in [0.2, 0.25) is 5.91 Å². The molecular formula is C14H26N2O2. The highest BCUT2D eigenvalue weighted by Crippen LogP contribution is 2.46. The Kier molecular flexibility index (Phi) is 4.62. The van der Waals surface area contributed by atoms with Crippen LogP contribution in [-0.2, 0) is 9.53 Å². The molecule has 2 fully saturated rings. The van der Waals surface area contributed by atoms with Gasteiger partial charge in [0.15, 0.2) is 0 Å². The van der Waals surface area contributed by atoms with E-state index in [1.165, 1.54) is 12.8 Å². The first-order chi connectivity index (χ1) is 8.69. The van der Waals surface area contributed by atoms with Crippen molar-refractivity contribution in [1.29, 1.82) is 0 Å². The zero-order chi connectivity index (χ0) is 13.0. The maximum absolute atomic E-state index is 11.7. The quantitative estimate of drug-likeness (QED) is 0.742. The molecule has 1 aliphatic heterocycles. The lowest BCUT2D eigenvalue weighted by atomic mass is 10.1. The molecule has 1 saturated carbocycles. The van der Waals surface area contributed by atoms with Crippen molar-refractivity contribution in [2.24, 2.45) is 5.41 Å². The summed E-state index contributed by atoms with van der Waals surface area (Å²) in [5.41, 5.74) is 0.429. The molecule has 0 aromatic heterocycles. The molecule has 0 aromatic rings. The molecule has 0 aromatic carbocycles. The van der Waals surface area contributed by atoms with Crippen LogP contribution in [-0.4, -0.2) is 62.1 Å². The third kappa shape index (κ3) is 3.45. The predicted octanol–water partition coefficient (Wildman–Crippen LogP) is 1.36. The van der Waals surface area contributed by atoms with E-state index >= 15 is 0 Å². The Bertz CT molecular complexity index is 290. The standard InChI is InChI=1S/C14H26N2O2/c1-3-13(17)16-8-4-7-15(9-10-16)11-14(5-6-14)12-18-2/h3-12H2,1-2H3. The van der Waals surface area contributed by atoms with Crippen LogP contribution >= 0.6 is 0 Å². The number of carbonyl (C=O) groups is 1. The summed E-state index contributed by atoms with van der Waals surface area (Å²) in [5.74, 6) is 0.301. The molecule has 18 heavy (non-hydrogen) atoms. The fraction of sp³-hybridized carbons (Fsp3) is 0.929. The Hall–Kier alpha value is -0.610. The van der Waals surface area contributed by atoms with Gasteiger partial charge in [-0.05, 0) is 25.8 Å². The van der Waals surface area contributed by atoms with Crippen LogP contribution in [0.4, 0.5) is 0 Å². The van der Waals surface area contributed by atoms with Crippen molar-refractivity contribution in [3.05, 3.63) is 0 Å². The van der Waals surface area contributed by atoms with Crippen LogP contribution in [0.5, 0.6) is 0 Å². The van der Waals surface area contributed by atoms with Crippen LogP contribution in [0.25, 0.3) is 0 Å². The topological polar surface area (TPSA) is 32.8 Å². The molecule has 4 nitrogen and oxygen atoms in total. The molecule has 2 rings (SSSR count). The number of methoxy groups -OCH3 is 1. The first-order valence-corrected chi connectivity index (χ1v) is 7.18. The largest absolute Gasteiger partial charge is 0.384 e. The van der Waals surface area contributed by atoms with E-state index < -0.39 is 0 Å². The van der Waals surface area contributed by atoms with Gasteiger partial charge in [0, 0.05) is 45.1 Å². The molecule has 104 valence electrons. The highest BCUT2D eigenvalue weighted by molar-refractivity contribution is 5.75. The minimum Gasteiger partial charge on any atom is -0.384 e. The molecule has 0 unspecified atom stereocenters. The summed E-state index contributed by atoms with van der Waals surface area (Å²) in [7, 11) is 1.80. The molecule has 0 atom stereocenters. The second kappa shape index (κ2) is 6.02. The van der Waals surface area contributed by atoms with E-state index in [0.29, 0.717) is 17.7 Å². The molecular weight excluding hydrogens is 228 g/mol. The van der Waals surface area contributed by atoms with E-state index in [4.69, 9.17) is 4.74 Å². The van der Waals surface area contributed by atoms with Crippen LogP contribution in [0.15, 0.2) is 0 Å². The van der Waals surface area contributed by atoms with Gasteiger partial charge in [0.1, 0.15) is 0 Å². The van der Waals surface area contributed by atoms with E-state index in [1.54, 1.807) is 7.11 Å². The van der Waals surface area contributed by atoms with Gasteiger partial charge in [-0.1, -0.05) is 6.92 Å². The molecule has 1 saturated heterocycles. The van der Waals surface area contributed by atoms with E-state index in [-0.39, 0.29) is 0 Å². The summed E-state index contributed by atoms with van der Waals surface area (Å²) >= 11 is 0. The maximum Gasteiger partial charge on any atom is 0.222 e. The summed E-state index contributed by atoms with van der Waals surface area (Å²) in [6.07, 6.45) is 4.34. The van der Waals surface area contributed by atoms with Gasteiger partial charge in [0.25, 0.3) is 0 Å². The fourth-order valence-electron chi connectivity index (χ4n) is 2.91. The summed E-state index contributed by atoms with van der Waals surface area (Å²) in [4.78, 5) is 16.3. The lowest BCUT2D eigenvalue weighted by Crippen LogP contribution is -2.37. The zero-order valence-electron chi connectivity index (χ0n) is 11.8. The van der Waals surface area contributed by atoms with Crippen LogP contribution < -0.4 is 0 Å². The summed E-state index contributed by atoms with van der Waals surface area (Å²) in [6.45, 7) is 7.96. The Morgan fingerprint density at radius 2 is 2.00 bits per heavy atom. The number of rotatable bonds is 5. The molecule has 4 heteroatoms. The van der Waals surface area contributed by atoms with Crippen LogP contribution in [0, 0.1) is 5.41 Å². The predicted molar refractivity (Wildman–Crippen MR) is 71.5 cm³/mol. The second-order valence-corrected chi connectivity index (χ2v) is 5.80. The van der Waals surface area contributed by atoms with E-state index in [1.807, 2.05) is 11.8 Å². The van der Waals surface area contributed by atoms with Gasteiger partial charge in [-0.25, -0.2) is 0 Å². The minimum absolute atomic E-state index is 0.301. The summed E-state index contributed by atoms with van der Waals surface area (Å²) < 4.78 is 5.33. The first-order valence-electron chi connectivity index (χ1n) is 7.18. The first kappa shape index (κ1) is 13.8. The number of amides is 1. The van der Waals surface area contributed by atoms with Gasteiger partial charge >= 0.3 is 0 Å². The molecule has 1 amide bonds. The van der Waals surface area contributed by atoms with Crippen molar-refractivity contribution in [3.8, 4) is 0 Å². The summed E-state index contributed by atoms with van der Waals surface area (Å²) in [6, 6.07) is 0.